The SMILES string of the molecule is CC(C)C[C@@H]1NC(=O)[C@@H](CC(C)C)OC(=O)[C@H](C)CNC(=O)[C@H](Cc2ccccc2)N(C)C(=O)[C@H](CC(C)C)OC1=O. The lowest BCUT2D eigenvalue weighted by Gasteiger charge is -2.32. The van der Waals surface area contributed by atoms with Crippen LogP contribution in [0.3, 0.4) is 0 Å². The largest absolute Gasteiger partial charge is 0.452 e. The van der Waals surface area contributed by atoms with Crippen LogP contribution in [0.25, 0.3) is 0 Å². The second kappa shape index (κ2) is 16.3. The molecule has 0 saturated carbocycles. The standard InChI is InChI=1S/C32H49N3O7/c1-19(2)14-24-32(40)42-27(16-21(5)6)30(38)35(8)25(17-23-12-10-9-11-13-23)28(36)33-18-22(7)31(39)41-26(15-20(3)4)29(37)34-24/h9-13,19-22,24-27H,14-18H2,1-8H3,(H,33,36)(H,34,37)/t22-,24+,25+,26-,27+/m1/s1. The normalized spacial score (nSPS) is 25.4. The first kappa shape index (κ1) is 34.8. The summed E-state index contributed by atoms with van der Waals surface area (Å²) in [6, 6.07) is 7.32. The average Bonchev–Trinajstić information content (AvgIpc) is 2.91. The van der Waals surface area contributed by atoms with E-state index in [-0.39, 0.29) is 50.0 Å². The summed E-state index contributed by atoms with van der Waals surface area (Å²) in [4.78, 5) is 68.5. The number of nitrogens with zero attached hydrogens (tertiary/aromatic N) is 1. The van der Waals surface area contributed by atoms with Crippen molar-refractivity contribution < 1.29 is 33.4 Å². The molecule has 2 rings (SSSR count). The number of ether oxygens (including phenoxy) is 2. The van der Waals surface area contributed by atoms with Crippen molar-refractivity contribution >= 4 is 29.7 Å². The van der Waals surface area contributed by atoms with Crippen LogP contribution in [0.5, 0.6) is 0 Å². The molecule has 0 radical (unpaired) electrons. The Morgan fingerprint density at radius 1 is 0.786 bits per heavy atom. The number of esters is 2. The van der Waals surface area contributed by atoms with Gasteiger partial charge in [-0.25, -0.2) is 4.79 Å². The van der Waals surface area contributed by atoms with Gasteiger partial charge in [-0.05, 0) is 42.6 Å². The van der Waals surface area contributed by atoms with E-state index in [2.05, 4.69) is 10.6 Å². The molecule has 1 saturated heterocycles. The van der Waals surface area contributed by atoms with E-state index < -0.39 is 59.9 Å². The zero-order valence-electron chi connectivity index (χ0n) is 26.3. The van der Waals surface area contributed by atoms with Crippen LogP contribution in [0, 0.1) is 23.7 Å². The quantitative estimate of drug-likeness (QED) is 0.447. The lowest BCUT2D eigenvalue weighted by atomic mass is 10.00. The summed E-state index contributed by atoms with van der Waals surface area (Å²) in [7, 11) is 1.52. The minimum atomic E-state index is -1.16. The van der Waals surface area contributed by atoms with E-state index in [0.29, 0.717) is 0 Å². The highest BCUT2D eigenvalue weighted by molar-refractivity contribution is 5.92. The summed E-state index contributed by atoms with van der Waals surface area (Å²) in [5.41, 5.74) is 0.841. The molecule has 1 fully saturated rings. The van der Waals surface area contributed by atoms with Crippen LogP contribution in [0.1, 0.15) is 73.3 Å². The van der Waals surface area contributed by atoms with E-state index in [0.717, 1.165) is 5.56 Å². The van der Waals surface area contributed by atoms with Gasteiger partial charge in [0.25, 0.3) is 11.8 Å². The number of hydrogen-bond acceptors (Lipinski definition) is 7. The Balaban J connectivity index is 2.54. The van der Waals surface area contributed by atoms with Crippen LogP contribution < -0.4 is 10.6 Å². The third-order valence-corrected chi connectivity index (χ3v) is 7.14. The van der Waals surface area contributed by atoms with E-state index in [1.54, 1.807) is 6.92 Å². The zero-order chi connectivity index (χ0) is 31.6. The molecule has 0 aromatic heterocycles. The molecule has 1 aliphatic rings. The highest BCUT2D eigenvalue weighted by atomic mass is 16.6. The molecule has 3 amide bonds. The molecule has 1 aromatic carbocycles. The molecular formula is C32H49N3O7. The molecule has 1 heterocycles. The van der Waals surface area contributed by atoms with Gasteiger partial charge >= 0.3 is 11.9 Å². The molecule has 5 atom stereocenters. The number of carbonyl (C=O) groups excluding carboxylic acids is 5. The predicted octanol–water partition coefficient (Wildman–Crippen LogP) is 3.27. The maximum absolute atomic E-state index is 13.9. The minimum absolute atomic E-state index is 0.000898. The Morgan fingerprint density at radius 2 is 1.33 bits per heavy atom. The van der Waals surface area contributed by atoms with Crippen molar-refractivity contribution in [1.82, 2.24) is 15.5 Å². The van der Waals surface area contributed by atoms with Crippen molar-refractivity contribution in [2.75, 3.05) is 13.6 Å². The molecule has 42 heavy (non-hydrogen) atoms. The van der Waals surface area contributed by atoms with Crippen molar-refractivity contribution in [3.8, 4) is 0 Å². The van der Waals surface area contributed by atoms with Crippen molar-refractivity contribution in [3.63, 3.8) is 0 Å². The van der Waals surface area contributed by atoms with Gasteiger partial charge < -0.3 is 25.0 Å². The lowest BCUT2D eigenvalue weighted by Crippen LogP contribution is -2.55. The van der Waals surface area contributed by atoms with Crippen LogP contribution in [0.2, 0.25) is 0 Å². The van der Waals surface area contributed by atoms with Gasteiger partial charge in [0.05, 0.1) is 5.92 Å². The summed E-state index contributed by atoms with van der Waals surface area (Å²) in [5, 5.41) is 5.52. The Hall–Kier alpha value is -3.43. The lowest BCUT2D eigenvalue weighted by molar-refractivity contribution is -0.167. The molecule has 0 aliphatic carbocycles. The van der Waals surface area contributed by atoms with E-state index in [1.165, 1.54) is 11.9 Å². The molecule has 10 nitrogen and oxygen atoms in total. The molecular weight excluding hydrogens is 538 g/mol. The smallest absolute Gasteiger partial charge is 0.329 e. The molecule has 0 spiro atoms. The number of amides is 3. The van der Waals surface area contributed by atoms with Crippen molar-refractivity contribution in [2.24, 2.45) is 23.7 Å². The number of carbonyl (C=O) groups is 5. The number of rotatable bonds is 8. The molecule has 0 bridgehead atoms. The molecule has 1 aromatic rings. The van der Waals surface area contributed by atoms with Crippen LogP contribution >= 0.6 is 0 Å². The van der Waals surface area contributed by atoms with Crippen molar-refractivity contribution in [2.45, 2.75) is 98.4 Å². The Kier molecular flexibility index (Phi) is 13.5. The summed E-state index contributed by atoms with van der Waals surface area (Å²) in [6.07, 6.45) is -1.31. The summed E-state index contributed by atoms with van der Waals surface area (Å²) < 4.78 is 11.4. The van der Waals surface area contributed by atoms with Gasteiger partial charge in [0.1, 0.15) is 12.1 Å². The summed E-state index contributed by atoms with van der Waals surface area (Å²) >= 11 is 0. The monoisotopic (exact) mass is 587 g/mol. The maximum atomic E-state index is 13.9. The van der Waals surface area contributed by atoms with Crippen LogP contribution in [-0.2, 0) is 39.9 Å². The second-order valence-corrected chi connectivity index (χ2v) is 12.6. The second-order valence-electron chi connectivity index (χ2n) is 12.6. The first-order chi connectivity index (χ1) is 19.7. The number of hydrogen-bond donors (Lipinski definition) is 2. The number of cyclic esters (lactones) is 2. The number of nitrogens with one attached hydrogen (secondary N) is 2. The van der Waals surface area contributed by atoms with Gasteiger partial charge in [0.2, 0.25) is 5.91 Å². The number of likely N-dealkylation sites (N-methyl/N-ethyl adjacent to an activating group) is 1. The zero-order valence-corrected chi connectivity index (χ0v) is 26.3. The van der Waals surface area contributed by atoms with Crippen LogP contribution in [0.4, 0.5) is 0 Å². The fourth-order valence-electron chi connectivity index (χ4n) is 4.77. The molecule has 234 valence electrons. The third kappa shape index (κ3) is 10.8. The highest BCUT2D eigenvalue weighted by Crippen LogP contribution is 2.19. The van der Waals surface area contributed by atoms with Crippen LogP contribution in [-0.4, -0.2) is 72.4 Å². The Labute approximate surface area is 250 Å². The first-order valence-corrected chi connectivity index (χ1v) is 15.0. The molecule has 10 heteroatoms. The van der Waals surface area contributed by atoms with Gasteiger partial charge in [-0.1, -0.05) is 78.8 Å². The predicted molar refractivity (Wildman–Crippen MR) is 159 cm³/mol. The average molecular weight is 588 g/mol. The van der Waals surface area contributed by atoms with Gasteiger partial charge in [0.15, 0.2) is 12.2 Å². The van der Waals surface area contributed by atoms with E-state index >= 15 is 0 Å². The highest BCUT2D eigenvalue weighted by Gasteiger charge is 2.37. The minimum Gasteiger partial charge on any atom is -0.452 e. The van der Waals surface area contributed by atoms with Crippen LogP contribution in [0.15, 0.2) is 30.3 Å². The topological polar surface area (TPSA) is 131 Å². The molecule has 2 N–H and O–H groups in total. The van der Waals surface area contributed by atoms with Gasteiger partial charge in [-0.3, -0.25) is 19.2 Å². The van der Waals surface area contributed by atoms with Gasteiger partial charge in [0, 0.05) is 20.0 Å². The number of benzene rings is 1. The van der Waals surface area contributed by atoms with Crippen molar-refractivity contribution in [3.05, 3.63) is 35.9 Å². The third-order valence-electron chi connectivity index (χ3n) is 7.14. The van der Waals surface area contributed by atoms with Gasteiger partial charge in [-0.2, -0.15) is 0 Å². The first-order valence-electron chi connectivity index (χ1n) is 15.0. The van der Waals surface area contributed by atoms with Gasteiger partial charge in [-0.15, -0.1) is 0 Å². The maximum Gasteiger partial charge on any atom is 0.329 e. The Morgan fingerprint density at radius 3 is 1.90 bits per heavy atom. The fraction of sp³-hybridized carbons (Fsp3) is 0.656. The fourth-order valence-corrected chi connectivity index (χ4v) is 4.77. The summed E-state index contributed by atoms with van der Waals surface area (Å²) in [5.74, 6) is -3.68. The Bertz CT molecular complexity index is 1070. The summed E-state index contributed by atoms with van der Waals surface area (Å²) in [6.45, 7) is 13.0. The van der Waals surface area contributed by atoms with E-state index in [9.17, 15) is 24.0 Å². The van der Waals surface area contributed by atoms with E-state index in [1.807, 2.05) is 71.9 Å². The molecule has 0 unspecified atom stereocenters. The van der Waals surface area contributed by atoms with Crippen molar-refractivity contribution in [1.29, 1.82) is 0 Å². The van der Waals surface area contributed by atoms with E-state index in [4.69, 9.17) is 9.47 Å². The molecule has 1 aliphatic heterocycles.